The van der Waals surface area contributed by atoms with Crippen LogP contribution in [-0.4, -0.2) is 10.9 Å². The Balaban J connectivity index is 2.28. The van der Waals surface area contributed by atoms with Crippen LogP contribution >= 0.6 is 15.9 Å². The normalized spacial score (nSPS) is 10.3. The maximum Gasteiger partial charge on any atom is 0.257 e. The monoisotopic (exact) mass is 319 g/mol. The van der Waals surface area contributed by atoms with Crippen LogP contribution in [0.2, 0.25) is 0 Å². The van der Waals surface area contributed by atoms with Gasteiger partial charge in [0.25, 0.3) is 5.91 Å². The molecular formula is C14H14BrN3O. The molecule has 0 saturated carbocycles. The van der Waals surface area contributed by atoms with Crippen molar-refractivity contribution in [3.63, 3.8) is 0 Å². The minimum Gasteiger partial charge on any atom is -0.397 e. The number of pyridine rings is 1. The van der Waals surface area contributed by atoms with Gasteiger partial charge in [0.15, 0.2) is 0 Å². The molecule has 1 heterocycles. The highest BCUT2D eigenvalue weighted by Gasteiger charge is 2.12. The van der Waals surface area contributed by atoms with Crippen LogP contribution in [0.1, 0.15) is 21.6 Å². The summed E-state index contributed by atoms with van der Waals surface area (Å²) in [5.74, 6) is -0.221. The van der Waals surface area contributed by atoms with Gasteiger partial charge in [-0.1, -0.05) is 6.07 Å². The van der Waals surface area contributed by atoms with Gasteiger partial charge in [0, 0.05) is 4.47 Å². The molecule has 2 rings (SSSR count). The first-order valence-electron chi connectivity index (χ1n) is 5.77. The molecule has 0 spiro atoms. The number of aryl methyl sites for hydroxylation is 2. The third kappa shape index (κ3) is 3.12. The van der Waals surface area contributed by atoms with Gasteiger partial charge < -0.3 is 11.1 Å². The summed E-state index contributed by atoms with van der Waals surface area (Å²) in [6, 6.07) is 7.36. The SMILES string of the molecule is Cc1ccc(NC(=O)c2cc(N)cnc2C)c(Br)c1. The highest BCUT2D eigenvalue weighted by Crippen LogP contribution is 2.24. The number of nitrogens with two attached hydrogens (primary N) is 1. The summed E-state index contributed by atoms with van der Waals surface area (Å²) in [6.45, 7) is 3.76. The summed E-state index contributed by atoms with van der Waals surface area (Å²) in [4.78, 5) is 16.3. The third-order valence-corrected chi connectivity index (χ3v) is 3.38. The number of nitrogen functional groups attached to an aromatic ring is 1. The Kier molecular flexibility index (Phi) is 3.85. The van der Waals surface area contributed by atoms with Crippen LogP contribution in [0, 0.1) is 13.8 Å². The molecule has 1 amide bonds. The predicted molar refractivity (Wildman–Crippen MR) is 80.2 cm³/mol. The van der Waals surface area contributed by atoms with E-state index in [1.807, 2.05) is 25.1 Å². The highest BCUT2D eigenvalue weighted by atomic mass is 79.9. The molecule has 5 heteroatoms. The molecule has 0 saturated heterocycles. The van der Waals surface area contributed by atoms with Crippen LogP contribution in [0.4, 0.5) is 11.4 Å². The minimum absolute atomic E-state index is 0.221. The van der Waals surface area contributed by atoms with Crippen LogP contribution in [0.25, 0.3) is 0 Å². The van der Waals surface area contributed by atoms with E-state index >= 15 is 0 Å². The number of anilines is 2. The molecule has 0 atom stereocenters. The Hall–Kier alpha value is -1.88. The van der Waals surface area contributed by atoms with Gasteiger partial charge in [-0.15, -0.1) is 0 Å². The summed E-state index contributed by atoms with van der Waals surface area (Å²) < 4.78 is 0.843. The third-order valence-electron chi connectivity index (χ3n) is 2.73. The zero-order chi connectivity index (χ0) is 14.0. The zero-order valence-corrected chi connectivity index (χ0v) is 12.3. The van der Waals surface area contributed by atoms with Crippen LogP contribution in [-0.2, 0) is 0 Å². The van der Waals surface area contributed by atoms with Crippen molar-refractivity contribution in [2.75, 3.05) is 11.1 Å². The number of benzene rings is 1. The Morgan fingerprint density at radius 2 is 2.05 bits per heavy atom. The number of rotatable bonds is 2. The quantitative estimate of drug-likeness (QED) is 0.892. The van der Waals surface area contributed by atoms with E-state index in [-0.39, 0.29) is 5.91 Å². The van der Waals surface area contributed by atoms with Crippen molar-refractivity contribution < 1.29 is 4.79 Å². The lowest BCUT2D eigenvalue weighted by atomic mass is 10.1. The number of amides is 1. The standard InChI is InChI=1S/C14H14BrN3O/c1-8-3-4-13(12(15)5-8)18-14(19)11-6-10(16)7-17-9(11)2/h3-7H,16H2,1-2H3,(H,18,19). The Labute approximate surface area is 120 Å². The smallest absolute Gasteiger partial charge is 0.257 e. The summed E-state index contributed by atoms with van der Waals surface area (Å²) in [5.41, 5.74) is 9.09. The van der Waals surface area contributed by atoms with Gasteiger partial charge in [-0.25, -0.2) is 0 Å². The molecule has 1 aromatic carbocycles. The molecular weight excluding hydrogens is 306 g/mol. The average molecular weight is 320 g/mol. The van der Waals surface area contributed by atoms with Crippen LogP contribution < -0.4 is 11.1 Å². The Morgan fingerprint density at radius 1 is 1.32 bits per heavy atom. The van der Waals surface area contributed by atoms with E-state index < -0.39 is 0 Å². The second-order valence-corrected chi connectivity index (χ2v) is 5.19. The lowest BCUT2D eigenvalue weighted by Crippen LogP contribution is -2.15. The van der Waals surface area contributed by atoms with Crippen LogP contribution in [0.15, 0.2) is 34.9 Å². The first kappa shape index (κ1) is 13.5. The fourth-order valence-electron chi connectivity index (χ4n) is 1.69. The molecule has 2 aromatic rings. The second-order valence-electron chi connectivity index (χ2n) is 4.34. The van der Waals surface area contributed by atoms with Crippen molar-refractivity contribution in [3.8, 4) is 0 Å². The second kappa shape index (κ2) is 5.40. The lowest BCUT2D eigenvalue weighted by Gasteiger charge is -2.10. The molecule has 0 fully saturated rings. The van der Waals surface area contributed by atoms with Crippen molar-refractivity contribution in [3.05, 3.63) is 51.8 Å². The van der Waals surface area contributed by atoms with E-state index in [0.717, 1.165) is 15.7 Å². The molecule has 0 aliphatic carbocycles. The number of halogens is 1. The fourth-order valence-corrected chi connectivity index (χ4v) is 2.28. The van der Waals surface area contributed by atoms with Gasteiger partial charge in [0.1, 0.15) is 0 Å². The molecule has 0 radical (unpaired) electrons. The van der Waals surface area contributed by atoms with Crippen LogP contribution in [0.3, 0.4) is 0 Å². The Morgan fingerprint density at radius 3 is 2.74 bits per heavy atom. The van der Waals surface area contributed by atoms with E-state index in [0.29, 0.717) is 16.9 Å². The molecule has 4 nitrogen and oxygen atoms in total. The van der Waals surface area contributed by atoms with E-state index in [2.05, 4.69) is 26.2 Å². The molecule has 19 heavy (non-hydrogen) atoms. The van der Waals surface area contributed by atoms with Crippen LogP contribution in [0.5, 0.6) is 0 Å². The zero-order valence-electron chi connectivity index (χ0n) is 10.7. The van der Waals surface area contributed by atoms with E-state index in [9.17, 15) is 4.79 Å². The van der Waals surface area contributed by atoms with Gasteiger partial charge in [-0.05, 0) is 53.5 Å². The number of nitrogens with one attached hydrogen (secondary N) is 1. The Bertz CT molecular complexity index is 641. The number of hydrogen-bond donors (Lipinski definition) is 2. The van der Waals surface area contributed by atoms with Gasteiger partial charge in [-0.3, -0.25) is 9.78 Å². The first-order chi connectivity index (χ1) is 8.97. The fraction of sp³-hybridized carbons (Fsp3) is 0.143. The number of carbonyl (C=O) groups is 1. The van der Waals surface area contributed by atoms with Crippen molar-refractivity contribution in [2.45, 2.75) is 13.8 Å². The summed E-state index contributed by atoms with van der Waals surface area (Å²) in [7, 11) is 0. The molecule has 98 valence electrons. The van der Waals surface area contributed by atoms with Crippen molar-refractivity contribution >= 4 is 33.2 Å². The molecule has 0 bridgehead atoms. The summed E-state index contributed by atoms with van der Waals surface area (Å²) in [6.07, 6.45) is 1.54. The minimum atomic E-state index is -0.221. The number of hydrogen-bond acceptors (Lipinski definition) is 3. The van der Waals surface area contributed by atoms with E-state index in [4.69, 9.17) is 5.73 Å². The van der Waals surface area contributed by atoms with Gasteiger partial charge >= 0.3 is 0 Å². The highest BCUT2D eigenvalue weighted by molar-refractivity contribution is 9.10. The van der Waals surface area contributed by atoms with Crippen molar-refractivity contribution in [2.24, 2.45) is 0 Å². The summed E-state index contributed by atoms with van der Waals surface area (Å²) in [5, 5.41) is 2.84. The predicted octanol–water partition coefficient (Wildman–Crippen LogP) is 3.30. The molecule has 3 N–H and O–H groups in total. The maximum atomic E-state index is 12.2. The molecule has 0 aliphatic rings. The van der Waals surface area contributed by atoms with Gasteiger partial charge in [0.05, 0.1) is 28.8 Å². The largest absolute Gasteiger partial charge is 0.397 e. The topological polar surface area (TPSA) is 68.0 Å². The lowest BCUT2D eigenvalue weighted by molar-refractivity contribution is 0.102. The van der Waals surface area contributed by atoms with E-state index in [1.54, 1.807) is 13.0 Å². The first-order valence-corrected chi connectivity index (χ1v) is 6.56. The molecule has 1 aromatic heterocycles. The average Bonchev–Trinajstić information content (AvgIpc) is 2.35. The van der Waals surface area contributed by atoms with E-state index in [1.165, 1.54) is 6.20 Å². The van der Waals surface area contributed by atoms with Gasteiger partial charge in [0.2, 0.25) is 0 Å². The molecule has 0 aliphatic heterocycles. The number of aromatic nitrogens is 1. The summed E-state index contributed by atoms with van der Waals surface area (Å²) >= 11 is 3.43. The van der Waals surface area contributed by atoms with Crippen molar-refractivity contribution in [1.29, 1.82) is 0 Å². The molecule has 0 unspecified atom stereocenters. The van der Waals surface area contributed by atoms with Crippen molar-refractivity contribution in [1.82, 2.24) is 4.98 Å². The van der Waals surface area contributed by atoms with Gasteiger partial charge in [-0.2, -0.15) is 0 Å². The number of nitrogens with zero attached hydrogens (tertiary/aromatic N) is 1. The maximum absolute atomic E-state index is 12.2. The number of carbonyl (C=O) groups excluding carboxylic acids is 1.